The van der Waals surface area contributed by atoms with Gasteiger partial charge in [0.25, 0.3) is 5.91 Å². The summed E-state index contributed by atoms with van der Waals surface area (Å²) in [4.78, 5) is 25.2. The lowest BCUT2D eigenvalue weighted by Gasteiger charge is -2.21. The van der Waals surface area contributed by atoms with Crippen LogP contribution >= 0.6 is 11.8 Å². The van der Waals surface area contributed by atoms with Crippen molar-refractivity contribution in [3.05, 3.63) is 54.0 Å². The predicted octanol–water partition coefficient (Wildman–Crippen LogP) is 2.13. The maximum atomic E-state index is 12.4. The Balaban J connectivity index is 1.41. The van der Waals surface area contributed by atoms with E-state index in [2.05, 4.69) is 20.8 Å². The third-order valence-corrected chi connectivity index (χ3v) is 5.37. The largest absolute Gasteiger partial charge is 0.352 e. The third-order valence-electron chi connectivity index (χ3n) is 4.19. The first-order chi connectivity index (χ1) is 12.6. The van der Waals surface area contributed by atoms with Crippen LogP contribution in [0.3, 0.4) is 0 Å². The molecule has 1 unspecified atom stereocenters. The topological polar surface area (TPSA) is 88.4 Å². The Hall–Kier alpha value is -2.87. The molecule has 0 spiro atoms. The molecule has 0 saturated heterocycles. The van der Waals surface area contributed by atoms with E-state index >= 15 is 0 Å². The van der Waals surface area contributed by atoms with Crippen LogP contribution in [-0.2, 0) is 11.2 Å². The molecule has 3 heterocycles. The van der Waals surface area contributed by atoms with Gasteiger partial charge in [0, 0.05) is 29.6 Å². The summed E-state index contributed by atoms with van der Waals surface area (Å²) in [6, 6.07) is 11.1. The summed E-state index contributed by atoms with van der Waals surface area (Å²) >= 11 is 1.50. The van der Waals surface area contributed by atoms with Crippen LogP contribution in [0.15, 0.2) is 47.5 Å². The van der Waals surface area contributed by atoms with Crippen LogP contribution in [0.1, 0.15) is 23.1 Å². The van der Waals surface area contributed by atoms with Gasteiger partial charge in [0.15, 0.2) is 5.65 Å². The van der Waals surface area contributed by atoms with Crippen LogP contribution in [0, 0.1) is 0 Å². The van der Waals surface area contributed by atoms with Crippen LogP contribution in [0.25, 0.3) is 5.65 Å². The van der Waals surface area contributed by atoms with Gasteiger partial charge >= 0.3 is 0 Å². The molecular weight excluding hydrogens is 350 g/mol. The fourth-order valence-corrected chi connectivity index (χ4v) is 3.73. The molecular formula is C18H17N5O2S. The number of amides is 2. The van der Waals surface area contributed by atoms with Gasteiger partial charge in [-0.3, -0.25) is 14.0 Å². The normalized spacial score (nSPS) is 16.2. The van der Waals surface area contributed by atoms with Crippen molar-refractivity contribution in [2.75, 3.05) is 11.9 Å². The summed E-state index contributed by atoms with van der Waals surface area (Å²) in [6.07, 6.45) is 2.48. The Morgan fingerprint density at radius 1 is 1.31 bits per heavy atom. The van der Waals surface area contributed by atoms with Crippen LogP contribution in [-0.4, -0.2) is 38.2 Å². The summed E-state index contributed by atoms with van der Waals surface area (Å²) in [7, 11) is 0. The number of hydrogen-bond acceptors (Lipinski definition) is 5. The fraction of sp³-hybridized carbons (Fsp3) is 0.222. The minimum Gasteiger partial charge on any atom is -0.352 e. The molecule has 2 amide bonds. The third kappa shape index (κ3) is 3.15. The van der Waals surface area contributed by atoms with Crippen molar-refractivity contribution >= 4 is 34.9 Å². The summed E-state index contributed by atoms with van der Waals surface area (Å²) < 4.78 is 1.90. The van der Waals surface area contributed by atoms with E-state index in [-0.39, 0.29) is 17.1 Å². The molecule has 2 aromatic heterocycles. The fourth-order valence-electron chi connectivity index (χ4n) is 2.80. The molecule has 0 aliphatic carbocycles. The first-order valence-electron chi connectivity index (χ1n) is 8.30. The number of nitrogens with zero attached hydrogens (tertiary/aromatic N) is 3. The van der Waals surface area contributed by atoms with Crippen molar-refractivity contribution in [1.82, 2.24) is 19.9 Å². The van der Waals surface area contributed by atoms with Gasteiger partial charge in [0.05, 0.1) is 10.9 Å². The Bertz CT molecular complexity index is 1000. The molecule has 1 atom stereocenters. The summed E-state index contributed by atoms with van der Waals surface area (Å²) in [5.74, 6) is 0.572. The van der Waals surface area contributed by atoms with E-state index in [4.69, 9.17) is 0 Å². The zero-order valence-corrected chi connectivity index (χ0v) is 14.9. The second kappa shape index (κ2) is 6.80. The van der Waals surface area contributed by atoms with Gasteiger partial charge in [-0.25, -0.2) is 0 Å². The molecule has 3 aromatic rings. The van der Waals surface area contributed by atoms with Gasteiger partial charge in [0.1, 0.15) is 5.82 Å². The van der Waals surface area contributed by atoms with E-state index in [0.717, 1.165) is 16.4 Å². The number of nitrogens with one attached hydrogen (secondary N) is 2. The van der Waals surface area contributed by atoms with Gasteiger partial charge in [-0.15, -0.1) is 22.0 Å². The van der Waals surface area contributed by atoms with Crippen molar-refractivity contribution in [3.8, 4) is 0 Å². The average Bonchev–Trinajstić information content (AvgIpc) is 3.05. The van der Waals surface area contributed by atoms with Gasteiger partial charge < -0.3 is 10.6 Å². The maximum absolute atomic E-state index is 12.4. The molecule has 8 heteroatoms. The van der Waals surface area contributed by atoms with Crippen LogP contribution < -0.4 is 10.6 Å². The summed E-state index contributed by atoms with van der Waals surface area (Å²) in [6.45, 7) is 2.31. The standard InChI is InChI=1S/C18H17N5O2S/c1-11-17(24)20-13-10-12(5-6-14(13)26-11)18(25)19-8-7-16-22-21-15-4-2-3-9-23(15)16/h2-6,9-11H,7-8H2,1H3,(H,19,25)(H,20,24). The molecule has 1 aromatic carbocycles. The SMILES string of the molecule is CC1Sc2ccc(C(=O)NCCc3nnc4ccccn34)cc2NC1=O. The Morgan fingerprint density at radius 2 is 2.19 bits per heavy atom. The zero-order valence-electron chi connectivity index (χ0n) is 14.1. The lowest BCUT2D eigenvalue weighted by molar-refractivity contribution is -0.115. The molecule has 4 rings (SSSR count). The van der Waals surface area contributed by atoms with E-state index in [1.807, 2.05) is 41.8 Å². The molecule has 26 heavy (non-hydrogen) atoms. The second-order valence-electron chi connectivity index (χ2n) is 6.01. The minimum absolute atomic E-state index is 0.0428. The van der Waals surface area contributed by atoms with Crippen molar-refractivity contribution in [3.63, 3.8) is 0 Å². The molecule has 7 nitrogen and oxygen atoms in total. The first kappa shape index (κ1) is 16.6. The Morgan fingerprint density at radius 3 is 3.08 bits per heavy atom. The molecule has 1 aliphatic heterocycles. The van der Waals surface area contributed by atoms with E-state index in [0.29, 0.717) is 24.2 Å². The predicted molar refractivity (Wildman–Crippen MR) is 99.4 cm³/mol. The number of pyridine rings is 1. The van der Waals surface area contributed by atoms with Gasteiger partial charge in [-0.2, -0.15) is 0 Å². The number of rotatable bonds is 4. The minimum atomic E-state index is -0.181. The van der Waals surface area contributed by atoms with E-state index in [1.54, 1.807) is 12.1 Å². The van der Waals surface area contributed by atoms with Crippen LogP contribution in [0.5, 0.6) is 0 Å². The smallest absolute Gasteiger partial charge is 0.251 e. The number of carbonyl (C=O) groups excluding carboxylic acids is 2. The van der Waals surface area contributed by atoms with Gasteiger partial charge in [-0.1, -0.05) is 6.07 Å². The summed E-state index contributed by atoms with van der Waals surface area (Å²) in [5, 5.41) is 13.8. The van der Waals surface area contributed by atoms with E-state index in [1.165, 1.54) is 11.8 Å². The number of anilines is 1. The first-order valence-corrected chi connectivity index (χ1v) is 9.18. The van der Waals surface area contributed by atoms with Crippen molar-refractivity contribution in [2.45, 2.75) is 23.5 Å². The highest BCUT2D eigenvalue weighted by molar-refractivity contribution is 8.00. The van der Waals surface area contributed by atoms with Crippen LogP contribution in [0.4, 0.5) is 5.69 Å². The van der Waals surface area contributed by atoms with Gasteiger partial charge in [0.2, 0.25) is 5.91 Å². The second-order valence-corrected chi connectivity index (χ2v) is 7.39. The maximum Gasteiger partial charge on any atom is 0.251 e. The number of carbonyl (C=O) groups is 2. The van der Waals surface area contributed by atoms with E-state index in [9.17, 15) is 9.59 Å². The molecule has 132 valence electrons. The number of thioether (sulfide) groups is 1. The lowest BCUT2D eigenvalue weighted by Crippen LogP contribution is -2.28. The quantitative estimate of drug-likeness (QED) is 0.738. The molecule has 2 N–H and O–H groups in total. The number of benzene rings is 1. The summed E-state index contributed by atoms with van der Waals surface area (Å²) in [5.41, 5.74) is 1.99. The number of hydrogen-bond donors (Lipinski definition) is 2. The zero-order chi connectivity index (χ0) is 18.1. The van der Waals surface area contributed by atoms with Gasteiger partial charge in [-0.05, 0) is 37.3 Å². The highest BCUT2D eigenvalue weighted by atomic mass is 32.2. The van der Waals surface area contributed by atoms with Crippen molar-refractivity contribution in [1.29, 1.82) is 0 Å². The highest BCUT2D eigenvalue weighted by Gasteiger charge is 2.23. The van der Waals surface area contributed by atoms with Crippen LogP contribution in [0.2, 0.25) is 0 Å². The molecule has 0 fully saturated rings. The van der Waals surface area contributed by atoms with Crippen molar-refractivity contribution < 1.29 is 9.59 Å². The average molecular weight is 367 g/mol. The monoisotopic (exact) mass is 367 g/mol. The Labute approximate surface area is 154 Å². The molecule has 0 bridgehead atoms. The van der Waals surface area contributed by atoms with E-state index < -0.39 is 0 Å². The number of aromatic nitrogens is 3. The highest BCUT2D eigenvalue weighted by Crippen LogP contribution is 2.35. The molecule has 1 aliphatic rings. The molecule has 0 radical (unpaired) electrons. The molecule has 0 saturated carbocycles. The number of fused-ring (bicyclic) bond motifs is 2. The van der Waals surface area contributed by atoms with Crippen molar-refractivity contribution in [2.24, 2.45) is 0 Å². The lowest BCUT2D eigenvalue weighted by atomic mass is 10.1. The Kier molecular flexibility index (Phi) is 4.34.